The van der Waals surface area contributed by atoms with Gasteiger partial charge in [0, 0.05) is 30.9 Å². The summed E-state index contributed by atoms with van der Waals surface area (Å²) in [5.41, 5.74) is 8.13. The fourth-order valence-electron chi connectivity index (χ4n) is 2.86. The van der Waals surface area contributed by atoms with Gasteiger partial charge in [-0.05, 0) is 31.6 Å². The predicted octanol–water partition coefficient (Wildman–Crippen LogP) is 0.551. The summed E-state index contributed by atoms with van der Waals surface area (Å²) in [6, 6.07) is 5.18. The van der Waals surface area contributed by atoms with Gasteiger partial charge in [0.25, 0.3) is 0 Å². The summed E-state index contributed by atoms with van der Waals surface area (Å²) in [5, 5.41) is 0. The first-order valence-corrected chi connectivity index (χ1v) is 5.94. The highest BCUT2D eigenvalue weighted by Crippen LogP contribution is 2.32. The predicted molar refractivity (Wildman–Crippen MR) is 62.6 cm³/mol. The quantitative estimate of drug-likeness (QED) is 0.722. The molecule has 2 aliphatic rings. The molecule has 2 N–H and O–H groups in total. The molecule has 0 aliphatic carbocycles. The number of rotatable bonds is 1. The minimum Gasteiger partial charge on any atom is -0.306 e. The van der Waals surface area contributed by atoms with Crippen LogP contribution in [-0.4, -0.2) is 36.1 Å². The van der Waals surface area contributed by atoms with Crippen LogP contribution in [0.2, 0.25) is 0 Å². The third-order valence-corrected chi connectivity index (χ3v) is 3.76. The van der Waals surface area contributed by atoms with Crippen molar-refractivity contribution in [1.82, 2.24) is 20.7 Å². The minimum atomic E-state index is 0.404. The van der Waals surface area contributed by atoms with Crippen LogP contribution in [0.3, 0.4) is 0 Å². The zero-order valence-electron chi connectivity index (χ0n) is 9.56. The van der Waals surface area contributed by atoms with Gasteiger partial charge in [-0.3, -0.25) is 10.4 Å². The van der Waals surface area contributed by atoms with E-state index in [1.807, 2.05) is 18.5 Å². The van der Waals surface area contributed by atoms with E-state index in [-0.39, 0.29) is 0 Å². The fourth-order valence-corrected chi connectivity index (χ4v) is 2.86. The SMILES string of the molecule is CN1CCC2NNC(c3cccnc3)C2C1. The smallest absolute Gasteiger partial charge is 0.0533 e. The molecule has 0 saturated carbocycles. The first kappa shape index (κ1) is 10.2. The molecule has 0 bridgehead atoms. The van der Waals surface area contributed by atoms with Crippen molar-refractivity contribution >= 4 is 0 Å². The van der Waals surface area contributed by atoms with Crippen LogP contribution < -0.4 is 10.9 Å². The molecule has 2 saturated heterocycles. The van der Waals surface area contributed by atoms with Crippen molar-refractivity contribution in [2.45, 2.75) is 18.5 Å². The molecule has 0 aromatic carbocycles. The van der Waals surface area contributed by atoms with Crippen molar-refractivity contribution < 1.29 is 0 Å². The molecule has 0 radical (unpaired) electrons. The highest BCUT2D eigenvalue weighted by molar-refractivity contribution is 5.18. The minimum absolute atomic E-state index is 0.404. The Morgan fingerprint density at radius 2 is 2.38 bits per heavy atom. The number of aromatic nitrogens is 1. The molecule has 3 atom stereocenters. The summed E-state index contributed by atoms with van der Waals surface area (Å²) in [6.45, 7) is 2.35. The summed E-state index contributed by atoms with van der Waals surface area (Å²) in [6.07, 6.45) is 5.03. The molecule has 4 nitrogen and oxygen atoms in total. The molecule has 1 aromatic heterocycles. The maximum atomic E-state index is 4.20. The van der Waals surface area contributed by atoms with Crippen molar-refractivity contribution in [2.75, 3.05) is 20.1 Å². The van der Waals surface area contributed by atoms with Crippen LogP contribution in [0.1, 0.15) is 18.0 Å². The van der Waals surface area contributed by atoms with Gasteiger partial charge in [0.2, 0.25) is 0 Å². The molecule has 16 heavy (non-hydrogen) atoms. The molecule has 2 fully saturated rings. The zero-order chi connectivity index (χ0) is 11.0. The maximum absolute atomic E-state index is 4.20. The summed E-state index contributed by atoms with van der Waals surface area (Å²) in [5.74, 6) is 0.656. The zero-order valence-corrected chi connectivity index (χ0v) is 9.56. The van der Waals surface area contributed by atoms with E-state index in [2.05, 4.69) is 33.8 Å². The third kappa shape index (κ3) is 1.73. The summed E-state index contributed by atoms with van der Waals surface area (Å²) >= 11 is 0. The van der Waals surface area contributed by atoms with Gasteiger partial charge in [0.1, 0.15) is 0 Å². The molecule has 4 heteroatoms. The van der Waals surface area contributed by atoms with Crippen molar-refractivity contribution in [1.29, 1.82) is 0 Å². The van der Waals surface area contributed by atoms with Crippen LogP contribution in [0.25, 0.3) is 0 Å². The highest BCUT2D eigenvalue weighted by Gasteiger charge is 2.39. The number of pyridine rings is 1. The molecule has 2 aliphatic heterocycles. The highest BCUT2D eigenvalue weighted by atomic mass is 15.4. The van der Waals surface area contributed by atoms with Crippen molar-refractivity contribution in [3.05, 3.63) is 30.1 Å². The molecule has 86 valence electrons. The molecule has 0 spiro atoms. The monoisotopic (exact) mass is 218 g/mol. The van der Waals surface area contributed by atoms with E-state index < -0.39 is 0 Å². The third-order valence-electron chi connectivity index (χ3n) is 3.76. The van der Waals surface area contributed by atoms with Crippen LogP contribution in [0.4, 0.5) is 0 Å². The lowest BCUT2D eigenvalue weighted by atomic mass is 9.86. The van der Waals surface area contributed by atoms with Crippen LogP contribution >= 0.6 is 0 Å². The molecule has 3 unspecified atom stereocenters. The molecular formula is C12H18N4. The fraction of sp³-hybridized carbons (Fsp3) is 0.583. The van der Waals surface area contributed by atoms with Gasteiger partial charge in [0.05, 0.1) is 6.04 Å². The standard InChI is InChI=1S/C12H18N4/c1-16-6-4-11-10(8-16)12(15-14-11)9-3-2-5-13-7-9/h2-3,5,7,10-12,14-15H,4,6,8H2,1H3. The molecule has 3 heterocycles. The van der Waals surface area contributed by atoms with Crippen molar-refractivity contribution in [3.8, 4) is 0 Å². The first-order valence-electron chi connectivity index (χ1n) is 5.94. The topological polar surface area (TPSA) is 40.2 Å². The van der Waals surface area contributed by atoms with Gasteiger partial charge in [-0.15, -0.1) is 0 Å². The van der Waals surface area contributed by atoms with E-state index in [4.69, 9.17) is 0 Å². The second-order valence-corrected chi connectivity index (χ2v) is 4.87. The number of likely N-dealkylation sites (tertiary alicyclic amines) is 1. The van der Waals surface area contributed by atoms with Gasteiger partial charge in [0.15, 0.2) is 0 Å². The number of nitrogens with one attached hydrogen (secondary N) is 2. The Morgan fingerprint density at radius 3 is 3.19 bits per heavy atom. The van der Waals surface area contributed by atoms with Crippen LogP contribution in [0.15, 0.2) is 24.5 Å². The van der Waals surface area contributed by atoms with Gasteiger partial charge >= 0.3 is 0 Å². The number of hydrogen-bond acceptors (Lipinski definition) is 4. The van der Waals surface area contributed by atoms with Gasteiger partial charge in [-0.1, -0.05) is 6.07 Å². The van der Waals surface area contributed by atoms with Gasteiger partial charge in [-0.2, -0.15) is 0 Å². The largest absolute Gasteiger partial charge is 0.306 e. The maximum Gasteiger partial charge on any atom is 0.0533 e. The Labute approximate surface area is 96.0 Å². The normalized spacial score (nSPS) is 34.9. The second kappa shape index (κ2) is 4.13. The number of piperidine rings is 1. The van der Waals surface area contributed by atoms with Gasteiger partial charge in [-0.25, -0.2) is 5.43 Å². The molecule has 3 rings (SSSR count). The summed E-state index contributed by atoms with van der Waals surface area (Å²) in [4.78, 5) is 6.62. The average molecular weight is 218 g/mol. The number of nitrogens with zero attached hydrogens (tertiary/aromatic N) is 2. The van der Waals surface area contributed by atoms with Crippen molar-refractivity contribution in [2.24, 2.45) is 5.92 Å². The van der Waals surface area contributed by atoms with E-state index in [0.717, 1.165) is 6.54 Å². The Balaban J connectivity index is 1.82. The Bertz CT molecular complexity index is 353. The molecular weight excluding hydrogens is 200 g/mol. The van der Waals surface area contributed by atoms with Gasteiger partial charge < -0.3 is 4.90 Å². The van der Waals surface area contributed by atoms with Crippen LogP contribution in [0, 0.1) is 5.92 Å². The van der Waals surface area contributed by atoms with Crippen molar-refractivity contribution in [3.63, 3.8) is 0 Å². The molecule has 1 aromatic rings. The lowest BCUT2D eigenvalue weighted by molar-refractivity contribution is 0.185. The second-order valence-electron chi connectivity index (χ2n) is 4.87. The molecule has 0 amide bonds. The number of hydrogen-bond donors (Lipinski definition) is 2. The van der Waals surface area contributed by atoms with E-state index in [9.17, 15) is 0 Å². The van der Waals surface area contributed by atoms with E-state index in [1.54, 1.807) is 0 Å². The van der Waals surface area contributed by atoms with Crippen LogP contribution in [-0.2, 0) is 0 Å². The van der Waals surface area contributed by atoms with Crippen LogP contribution in [0.5, 0.6) is 0 Å². The summed E-state index contributed by atoms with van der Waals surface area (Å²) < 4.78 is 0. The Morgan fingerprint density at radius 1 is 1.44 bits per heavy atom. The van der Waals surface area contributed by atoms with E-state index >= 15 is 0 Å². The Hall–Kier alpha value is -0.970. The van der Waals surface area contributed by atoms with E-state index in [1.165, 1.54) is 18.5 Å². The van der Waals surface area contributed by atoms with E-state index in [0.29, 0.717) is 18.0 Å². The number of fused-ring (bicyclic) bond motifs is 1. The lowest BCUT2D eigenvalue weighted by Gasteiger charge is -2.33. The Kier molecular flexibility index (Phi) is 2.63. The summed E-state index contributed by atoms with van der Waals surface area (Å²) in [7, 11) is 2.20. The average Bonchev–Trinajstić information content (AvgIpc) is 2.73. The first-order chi connectivity index (χ1) is 7.84. The lowest BCUT2D eigenvalue weighted by Crippen LogP contribution is -2.43. The number of hydrazine groups is 1.